The molecule has 24 heavy (non-hydrogen) atoms. The second kappa shape index (κ2) is 6.19. The van der Waals surface area contributed by atoms with Crippen LogP contribution >= 0.6 is 0 Å². The Bertz CT molecular complexity index is 803. The summed E-state index contributed by atoms with van der Waals surface area (Å²) in [5.74, 6) is 0.495. The molecule has 1 aromatic carbocycles. The third-order valence-corrected chi connectivity index (χ3v) is 3.25. The van der Waals surface area contributed by atoms with E-state index >= 15 is 0 Å². The molecule has 2 heterocycles. The molecule has 2 N–H and O–H groups in total. The Hall–Kier alpha value is -3.10. The van der Waals surface area contributed by atoms with Gasteiger partial charge in [-0.1, -0.05) is 0 Å². The van der Waals surface area contributed by atoms with E-state index in [9.17, 15) is 13.2 Å². The van der Waals surface area contributed by atoms with Gasteiger partial charge in [-0.25, -0.2) is 9.97 Å². The van der Waals surface area contributed by atoms with Crippen molar-refractivity contribution in [2.24, 2.45) is 0 Å². The van der Waals surface area contributed by atoms with Crippen molar-refractivity contribution >= 4 is 17.5 Å². The topological polar surface area (TPSA) is 81.1 Å². The molecule has 0 amide bonds. The van der Waals surface area contributed by atoms with Gasteiger partial charge in [0.05, 0.1) is 17.8 Å². The van der Waals surface area contributed by atoms with Gasteiger partial charge in [-0.05, 0) is 30.3 Å². The monoisotopic (exact) mass is 335 g/mol. The summed E-state index contributed by atoms with van der Waals surface area (Å²) in [6.45, 7) is 0.248. The maximum absolute atomic E-state index is 12.7. The van der Waals surface area contributed by atoms with E-state index in [-0.39, 0.29) is 12.5 Å². The predicted octanol–water partition coefficient (Wildman–Crippen LogP) is 3.40. The van der Waals surface area contributed by atoms with Gasteiger partial charge in [-0.3, -0.25) is 0 Å². The van der Waals surface area contributed by atoms with E-state index < -0.39 is 11.7 Å². The van der Waals surface area contributed by atoms with Crippen LogP contribution in [0.25, 0.3) is 0 Å². The molecular weight excluding hydrogens is 323 g/mol. The van der Waals surface area contributed by atoms with E-state index in [4.69, 9.17) is 10.2 Å². The molecule has 0 aliphatic carbocycles. The molecule has 0 atom stereocenters. The fourth-order valence-electron chi connectivity index (χ4n) is 2.13. The number of oxazole rings is 1. The molecule has 0 bridgehead atoms. The fourth-order valence-corrected chi connectivity index (χ4v) is 2.13. The smallest absolute Gasteiger partial charge is 0.416 e. The van der Waals surface area contributed by atoms with Crippen LogP contribution in [0.4, 0.5) is 30.6 Å². The minimum absolute atomic E-state index is 0.0598. The normalized spacial score (nSPS) is 11.5. The number of benzene rings is 1. The number of hydrogen-bond donors (Lipinski definition) is 1. The highest BCUT2D eigenvalue weighted by molar-refractivity contribution is 5.61. The third-order valence-electron chi connectivity index (χ3n) is 3.25. The standard InChI is InChI=1S/C15H12F3N5O/c16-15(17,18)10-1-3-12(4-2-10)23(7-11-8-24-9-21-11)13-5-6-20-14(19)22-13/h1-6,8-9H,7H2,(H2,19,20,22). The molecular formula is C15H12F3N5O. The van der Waals surface area contributed by atoms with Crippen LogP contribution in [0.5, 0.6) is 0 Å². The van der Waals surface area contributed by atoms with Crippen molar-refractivity contribution in [3.63, 3.8) is 0 Å². The lowest BCUT2D eigenvalue weighted by Gasteiger charge is -2.23. The summed E-state index contributed by atoms with van der Waals surface area (Å²) in [5.41, 5.74) is 5.96. The van der Waals surface area contributed by atoms with E-state index in [0.717, 1.165) is 12.1 Å². The zero-order valence-corrected chi connectivity index (χ0v) is 12.2. The number of nitrogens with zero attached hydrogens (tertiary/aromatic N) is 4. The molecule has 0 spiro atoms. The van der Waals surface area contributed by atoms with Crippen LogP contribution in [0, 0.1) is 0 Å². The van der Waals surface area contributed by atoms with E-state index in [0.29, 0.717) is 17.2 Å². The predicted molar refractivity (Wildman–Crippen MR) is 80.2 cm³/mol. The lowest BCUT2D eigenvalue weighted by molar-refractivity contribution is -0.137. The van der Waals surface area contributed by atoms with E-state index in [2.05, 4.69) is 15.0 Å². The maximum Gasteiger partial charge on any atom is 0.416 e. The average Bonchev–Trinajstić information content (AvgIpc) is 3.05. The number of hydrogen-bond acceptors (Lipinski definition) is 6. The molecule has 9 heteroatoms. The number of anilines is 3. The largest absolute Gasteiger partial charge is 0.451 e. The van der Waals surface area contributed by atoms with E-state index in [1.807, 2.05) is 0 Å². The van der Waals surface area contributed by atoms with E-state index in [1.54, 1.807) is 11.0 Å². The summed E-state index contributed by atoms with van der Waals surface area (Å²) < 4.78 is 43.1. The number of rotatable bonds is 4. The van der Waals surface area contributed by atoms with Gasteiger partial charge in [0.1, 0.15) is 12.1 Å². The molecule has 0 saturated heterocycles. The second-order valence-electron chi connectivity index (χ2n) is 4.88. The highest BCUT2D eigenvalue weighted by Gasteiger charge is 2.30. The zero-order valence-electron chi connectivity index (χ0n) is 12.2. The molecule has 2 aromatic heterocycles. The van der Waals surface area contributed by atoms with Gasteiger partial charge in [-0.15, -0.1) is 0 Å². The summed E-state index contributed by atoms with van der Waals surface area (Å²) >= 11 is 0. The molecule has 0 fully saturated rings. The molecule has 0 aliphatic heterocycles. The van der Waals surface area contributed by atoms with Crippen molar-refractivity contribution in [2.45, 2.75) is 12.7 Å². The Morgan fingerprint density at radius 1 is 1.08 bits per heavy atom. The van der Waals surface area contributed by atoms with Crippen molar-refractivity contribution < 1.29 is 17.6 Å². The van der Waals surface area contributed by atoms with E-state index in [1.165, 1.54) is 31.0 Å². The Labute approximate surface area is 134 Å². The Kier molecular flexibility index (Phi) is 4.07. The number of aromatic nitrogens is 3. The maximum atomic E-state index is 12.7. The third kappa shape index (κ3) is 3.45. The minimum Gasteiger partial charge on any atom is -0.451 e. The number of alkyl halides is 3. The Balaban J connectivity index is 1.98. The molecule has 0 saturated carbocycles. The van der Waals surface area contributed by atoms with Crippen LogP contribution in [0.3, 0.4) is 0 Å². The summed E-state index contributed by atoms with van der Waals surface area (Å²) in [6.07, 6.45) is -0.206. The molecule has 124 valence electrons. The minimum atomic E-state index is -4.39. The first-order valence-corrected chi connectivity index (χ1v) is 6.84. The summed E-state index contributed by atoms with van der Waals surface area (Å²) in [6, 6.07) is 6.35. The quantitative estimate of drug-likeness (QED) is 0.787. The number of nitrogens with two attached hydrogens (primary N) is 1. The molecule has 0 unspecified atom stereocenters. The number of nitrogen functional groups attached to an aromatic ring is 1. The van der Waals surface area contributed by atoms with Crippen molar-refractivity contribution in [3.8, 4) is 0 Å². The van der Waals surface area contributed by atoms with Crippen LogP contribution in [0.2, 0.25) is 0 Å². The van der Waals surface area contributed by atoms with Gasteiger partial charge in [0.2, 0.25) is 5.95 Å². The van der Waals surface area contributed by atoms with Gasteiger partial charge < -0.3 is 15.1 Å². The van der Waals surface area contributed by atoms with Crippen LogP contribution in [0.1, 0.15) is 11.3 Å². The van der Waals surface area contributed by atoms with Crippen LogP contribution in [-0.4, -0.2) is 15.0 Å². The van der Waals surface area contributed by atoms with Crippen molar-refractivity contribution in [1.29, 1.82) is 0 Å². The number of halogens is 3. The van der Waals surface area contributed by atoms with Crippen LogP contribution in [0.15, 0.2) is 53.6 Å². The highest BCUT2D eigenvalue weighted by Crippen LogP contribution is 2.32. The second-order valence-corrected chi connectivity index (χ2v) is 4.88. The first-order valence-electron chi connectivity index (χ1n) is 6.84. The highest BCUT2D eigenvalue weighted by atomic mass is 19.4. The lowest BCUT2D eigenvalue weighted by Crippen LogP contribution is -2.19. The van der Waals surface area contributed by atoms with Gasteiger partial charge in [0.15, 0.2) is 6.39 Å². The fraction of sp³-hybridized carbons (Fsp3) is 0.133. The van der Waals surface area contributed by atoms with Gasteiger partial charge in [0, 0.05) is 11.9 Å². The lowest BCUT2D eigenvalue weighted by atomic mass is 10.2. The first kappa shape index (κ1) is 15.8. The Morgan fingerprint density at radius 3 is 2.42 bits per heavy atom. The van der Waals surface area contributed by atoms with Gasteiger partial charge in [-0.2, -0.15) is 18.2 Å². The SMILES string of the molecule is Nc1nccc(N(Cc2cocn2)c2ccc(C(F)(F)F)cc2)n1. The molecule has 6 nitrogen and oxygen atoms in total. The molecule has 3 rings (SSSR count). The summed E-state index contributed by atoms with van der Waals surface area (Å²) in [5, 5.41) is 0. The van der Waals surface area contributed by atoms with Gasteiger partial charge in [0.25, 0.3) is 0 Å². The van der Waals surface area contributed by atoms with Gasteiger partial charge >= 0.3 is 6.18 Å². The Morgan fingerprint density at radius 2 is 1.83 bits per heavy atom. The summed E-state index contributed by atoms with van der Waals surface area (Å²) in [4.78, 5) is 13.6. The summed E-state index contributed by atoms with van der Waals surface area (Å²) in [7, 11) is 0. The average molecular weight is 335 g/mol. The van der Waals surface area contributed by atoms with Crippen LogP contribution in [-0.2, 0) is 12.7 Å². The van der Waals surface area contributed by atoms with Crippen molar-refractivity contribution in [2.75, 3.05) is 10.6 Å². The molecule has 0 radical (unpaired) electrons. The van der Waals surface area contributed by atoms with Crippen LogP contribution < -0.4 is 10.6 Å². The van der Waals surface area contributed by atoms with Crippen molar-refractivity contribution in [3.05, 3.63) is 60.4 Å². The molecule has 0 aliphatic rings. The van der Waals surface area contributed by atoms with Crippen molar-refractivity contribution in [1.82, 2.24) is 15.0 Å². The zero-order chi connectivity index (χ0) is 17.2. The molecule has 3 aromatic rings. The first-order chi connectivity index (χ1) is 11.4.